The minimum absolute atomic E-state index is 0.00954. The summed E-state index contributed by atoms with van der Waals surface area (Å²) in [5, 5.41) is 20.5. The van der Waals surface area contributed by atoms with Crippen LogP contribution >= 0.6 is 15.9 Å². The molecule has 0 aromatic heterocycles. The van der Waals surface area contributed by atoms with Crippen molar-refractivity contribution in [3.63, 3.8) is 0 Å². The third kappa shape index (κ3) is 7.38. The topological polar surface area (TPSA) is 164 Å². The molecule has 0 radical (unpaired) electrons. The highest BCUT2D eigenvalue weighted by atomic mass is 79.9. The Morgan fingerprint density at radius 3 is 2.61 bits per heavy atom. The number of halogens is 1. The van der Waals surface area contributed by atoms with Gasteiger partial charge in [0.25, 0.3) is 5.91 Å². The predicted molar refractivity (Wildman–Crippen MR) is 126 cm³/mol. The van der Waals surface area contributed by atoms with Crippen molar-refractivity contribution < 1.29 is 29.0 Å². The minimum atomic E-state index is -1.22. The van der Waals surface area contributed by atoms with Crippen LogP contribution in [0.3, 0.4) is 0 Å². The fourth-order valence-electron chi connectivity index (χ4n) is 2.89. The second-order valence-electron chi connectivity index (χ2n) is 6.66. The molecule has 0 aliphatic rings. The van der Waals surface area contributed by atoms with Gasteiger partial charge in [0.05, 0.1) is 25.2 Å². The predicted octanol–water partition coefficient (Wildman–Crippen LogP) is 1.32. The molecule has 2 rings (SSSR count). The number of methoxy groups -OCH3 is 2. The van der Waals surface area contributed by atoms with Crippen LogP contribution in [0.4, 0.5) is 5.69 Å². The molecular weight excluding hydrogens is 498 g/mol. The average molecular weight is 522 g/mol. The van der Waals surface area contributed by atoms with Crippen molar-refractivity contribution >= 4 is 45.7 Å². The van der Waals surface area contributed by atoms with Gasteiger partial charge < -0.3 is 36.4 Å². The minimum Gasteiger partial charge on any atom is -0.493 e. The Morgan fingerprint density at radius 2 is 1.97 bits per heavy atom. The van der Waals surface area contributed by atoms with E-state index in [1.807, 2.05) is 0 Å². The number of rotatable bonds is 11. The average Bonchev–Trinajstić information content (AvgIpc) is 2.80. The van der Waals surface area contributed by atoms with E-state index >= 15 is 0 Å². The number of anilines is 1. The largest absolute Gasteiger partial charge is 0.493 e. The molecule has 0 fully saturated rings. The van der Waals surface area contributed by atoms with Gasteiger partial charge in [-0.15, -0.1) is 0 Å². The molecule has 33 heavy (non-hydrogen) atoms. The smallest absolute Gasteiger partial charge is 0.326 e. The standard InChI is InChI=1S/C21H24BrN5O6/c1-32-17-8-12(6-15(22)19(17)33-2)7-16(21(30)31)27-18(28)10-24-20(29)13-4-3-5-14(9-13)25-11-26-23/h3-6,8-9,11,16H,7,10,23H2,1-2H3,(H,24,29)(H,25,26)(H,27,28)(H,30,31). The quantitative estimate of drug-likeness (QED) is 0.128. The number of carboxylic acids is 1. The summed E-state index contributed by atoms with van der Waals surface area (Å²) in [5.41, 5.74) is 1.47. The number of nitrogens with zero attached hydrogens (tertiary/aromatic N) is 1. The van der Waals surface area contributed by atoms with Crippen LogP contribution in [-0.2, 0) is 16.0 Å². The summed E-state index contributed by atoms with van der Waals surface area (Å²) in [6.07, 6.45) is 1.25. The van der Waals surface area contributed by atoms with Crippen molar-refractivity contribution in [1.29, 1.82) is 0 Å². The third-order valence-corrected chi connectivity index (χ3v) is 5.00. The summed E-state index contributed by atoms with van der Waals surface area (Å²) in [5.74, 6) is 3.53. The Hall–Kier alpha value is -3.80. The fourth-order valence-corrected chi connectivity index (χ4v) is 3.55. The maximum absolute atomic E-state index is 12.3. The number of aliphatic carboxylic acids is 1. The van der Waals surface area contributed by atoms with E-state index in [1.165, 1.54) is 20.6 Å². The highest BCUT2D eigenvalue weighted by Gasteiger charge is 2.22. The molecule has 0 saturated carbocycles. The first-order valence-corrected chi connectivity index (χ1v) is 10.4. The number of amides is 2. The number of carboxylic acid groups (broad SMARTS) is 1. The van der Waals surface area contributed by atoms with Gasteiger partial charge in [-0.3, -0.25) is 9.59 Å². The van der Waals surface area contributed by atoms with Crippen LogP contribution in [0.1, 0.15) is 15.9 Å². The van der Waals surface area contributed by atoms with Crippen LogP contribution in [0, 0.1) is 0 Å². The monoisotopic (exact) mass is 521 g/mol. The number of hydrazone groups is 1. The molecule has 12 heteroatoms. The normalized spacial score (nSPS) is 11.5. The molecule has 2 amide bonds. The number of carbonyl (C=O) groups is 3. The zero-order valence-electron chi connectivity index (χ0n) is 17.9. The van der Waals surface area contributed by atoms with Gasteiger partial charge in [-0.2, -0.15) is 5.10 Å². The van der Waals surface area contributed by atoms with Crippen LogP contribution < -0.4 is 31.3 Å². The maximum atomic E-state index is 12.3. The van der Waals surface area contributed by atoms with E-state index in [9.17, 15) is 19.5 Å². The summed E-state index contributed by atoms with van der Waals surface area (Å²) in [7, 11) is 2.95. The van der Waals surface area contributed by atoms with Gasteiger partial charge in [-0.25, -0.2) is 4.79 Å². The van der Waals surface area contributed by atoms with E-state index in [0.717, 1.165) is 0 Å². The Balaban J connectivity index is 2.00. The van der Waals surface area contributed by atoms with Crippen molar-refractivity contribution in [2.24, 2.45) is 10.9 Å². The van der Waals surface area contributed by atoms with Crippen LogP contribution in [0.2, 0.25) is 0 Å². The second kappa shape index (κ2) is 12.3. The van der Waals surface area contributed by atoms with Crippen molar-refractivity contribution in [1.82, 2.24) is 10.6 Å². The lowest BCUT2D eigenvalue weighted by molar-refractivity contribution is -0.141. The van der Waals surface area contributed by atoms with E-state index in [2.05, 4.69) is 37.0 Å². The molecule has 0 aliphatic heterocycles. The zero-order valence-corrected chi connectivity index (χ0v) is 19.5. The fraction of sp³-hybridized carbons (Fsp3) is 0.238. The first-order chi connectivity index (χ1) is 15.8. The first-order valence-electron chi connectivity index (χ1n) is 9.58. The molecule has 1 atom stereocenters. The van der Waals surface area contributed by atoms with Gasteiger partial charge in [-0.1, -0.05) is 6.07 Å². The van der Waals surface area contributed by atoms with Crippen LogP contribution in [0.5, 0.6) is 11.5 Å². The maximum Gasteiger partial charge on any atom is 0.326 e. The van der Waals surface area contributed by atoms with E-state index in [-0.39, 0.29) is 6.42 Å². The van der Waals surface area contributed by atoms with Crippen molar-refractivity contribution in [3.8, 4) is 11.5 Å². The summed E-state index contributed by atoms with van der Waals surface area (Å²) < 4.78 is 11.1. The van der Waals surface area contributed by atoms with Gasteiger partial charge in [0.1, 0.15) is 12.4 Å². The molecule has 0 aliphatic carbocycles. The molecule has 6 N–H and O–H groups in total. The molecule has 0 spiro atoms. The molecule has 0 saturated heterocycles. The third-order valence-electron chi connectivity index (χ3n) is 4.41. The van der Waals surface area contributed by atoms with E-state index in [1.54, 1.807) is 36.4 Å². The summed E-state index contributed by atoms with van der Waals surface area (Å²) >= 11 is 3.35. The molecule has 176 valence electrons. The number of hydrogen-bond donors (Lipinski definition) is 5. The highest BCUT2D eigenvalue weighted by molar-refractivity contribution is 9.10. The molecule has 0 bridgehead atoms. The second-order valence-corrected chi connectivity index (χ2v) is 7.52. The van der Waals surface area contributed by atoms with Gasteiger partial charge >= 0.3 is 5.97 Å². The Labute approximate surface area is 198 Å². The lowest BCUT2D eigenvalue weighted by Crippen LogP contribution is -2.46. The number of benzene rings is 2. The van der Waals surface area contributed by atoms with Crippen molar-refractivity contribution in [3.05, 3.63) is 52.0 Å². The summed E-state index contributed by atoms with van der Waals surface area (Å²) in [6.45, 7) is -0.403. The summed E-state index contributed by atoms with van der Waals surface area (Å²) in [6, 6.07) is 8.54. The molecule has 2 aromatic rings. The first kappa shape index (κ1) is 25.5. The lowest BCUT2D eigenvalue weighted by atomic mass is 10.1. The number of hydrogen-bond acceptors (Lipinski definition) is 7. The zero-order chi connectivity index (χ0) is 24.4. The van der Waals surface area contributed by atoms with Crippen LogP contribution in [0.25, 0.3) is 0 Å². The Kier molecular flexibility index (Phi) is 9.48. The molecular formula is C21H24BrN5O6. The van der Waals surface area contributed by atoms with Gasteiger partial charge in [0.15, 0.2) is 11.5 Å². The van der Waals surface area contributed by atoms with Crippen LogP contribution in [0.15, 0.2) is 46.0 Å². The Bertz CT molecular complexity index is 1050. The number of ether oxygens (including phenoxy) is 2. The molecule has 2 aromatic carbocycles. The SMILES string of the molecule is COc1cc(CC(NC(=O)CNC(=O)c2cccc(NC=NN)c2)C(=O)O)cc(Br)c1OC. The number of nitrogens with two attached hydrogens (primary N) is 1. The number of nitrogens with one attached hydrogen (secondary N) is 3. The van der Waals surface area contributed by atoms with Crippen LogP contribution in [-0.4, -0.2) is 56.0 Å². The van der Waals surface area contributed by atoms with Gasteiger partial charge in [0.2, 0.25) is 5.91 Å². The lowest BCUT2D eigenvalue weighted by Gasteiger charge is -2.17. The molecule has 11 nitrogen and oxygen atoms in total. The molecule has 1 unspecified atom stereocenters. The van der Waals surface area contributed by atoms with Gasteiger partial charge in [0, 0.05) is 17.7 Å². The van der Waals surface area contributed by atoms with E-state index < -0.39 is 30.4 Å². The van der Waals surface area contributed by atoms with E-state index in [4.69, 9.17) is 15.3 Å². The van der Waals surface area contributed by atoms with Crippen molar-refractivity contribution in [2.45, 2.75) is 12.5 Å². The highest BCUT2D eigenvalue weighted by Crippen LogP contribution is 2.36. The van der Waals surface area contributed by atoms with E-state index in [0.29, 0.717) is 32.8 Å². The molecule has 0 heterocycles. The van der Waals surface area contributed by atoms with Gasteiger partial charge in [-0.05, 0) is 51.8 Å². The summed E-state index contributed by atoms with van der Waals surface area (Å²) in [4.78, 5) is 36.3. The Morgan fingerprint density at radius 1 is 1.21 bits per heavy atom. The van der Waals surface area contributed by atoms with Crippen molar-refractivity contribution in [2.75, 3.05) is 26.1 Å². The number of carbonyl (C=O) groups excluding carboxylic acids is 2.